The van der Waals surface area contributed by atoms with Crippen LogP contribution in [0, 0.1) is 0 Å². The predicted molar refractivity (Wildman–Crippen MR) is 121 cm³/mol. The fourth-order valence-electron chi connectivity index (χ4n) is 3.73. The molecule has 1 amide bonds. The Morgan fingerprint density at radius 2 is 1.84 bits per heavy atom. The van der Waals surface area contributed by atoms with E-state index in [0.717, 1.165) is 66.1 Å². The topological polar surface area (TPSA) is 54.9 Å². The van der Waals surface area contributed by atoms with Crippen molar-refractivity contribution in [2.24, 2.45) is 0 Å². The van der Waals surface area contributed by atoms with Gasteiger partial charge in [-0.2, -0.15) is 0 Å². The molecule has 1 aromatic heterocycles. The average Bonchev–Trinajstić information content (AvgIpc) is 3.48. The Morgan fingerprint density at radius 1 is 1.03 bits per heavy atom. The van der Waals surface area contributed by atoms with Crippen LogP contribution >= 0.6 is 11.3 Å². The fraction of sp³-hybridized carbons (Fsp3) is 0.250. The summed E-state index contributed by atoms with van der Waals surface area (Å²) in [5.74, 6) is 1.51. The van der Waals surface area contributed by atoms with E-state index in [1.807, 2.05) is 47.4 Å². The van der Waals surface area contributed by atoms with Crippen LogP contribution in [-0.4, -0.2) is 53.7 Å². The number of benzene rings is 2. The molecule has 6 nitrogen and oxygen atoms in total. The number of nitrogens with zero attached hydrogens (tertiary/aromatic N) is 3. The van der Waals surface area contributed by atoms with Crippen LogP contribution in [0.1, 0.15) is 10.6 Å². The third kappa shape index (κ3) is 4.62. The van der Waals surface area contributed by atoms with Gasteiger partial charge in [-0.3, -0.25) is 9.69 Å². The third-order valence-electron chi connectivity index (χ3n) is 5.48. The molecule has 3 aromatic rings. The van der Waals surface area contributed by atoms with E-state index in [9.17, 15) is 4.79 Å². The van der Waals surface area contributed by atoms with E-state index in [0.29, 0.717) is 0 Å². The number of aromatic nitrogens is 1. The van der Waals surface area contributed by atoms with Gasteiger partial charge in [0.2, 0.25) is 12.7 Å². The van der Waals surface area contributed by atoms with E-state index in [4.69, 9.17) is 14.5 Å². The first-order valence-electron chi connectivity index (χ1n) is 10.3. The molecular weight excluding hydrogens is 410 g/mol. The van der Waals surface area contributed by atoms with Crippen LogP contribution < -0.4 is 9.47 Å². The van der Waals surface area contributed by atoms with Gasteiger partial charge in [0, 0.05) is 43.2 Å². The lowest BCUT2D eigenvalue weighted by Crippen LogP contribution is -2.47. The van der Waals surface area contributed by atoms with Crippen molar-refractivity contribution < 1.29 is 14.3 Å². The van der Waals surface area contributed by atoms with E-state index in [1.165, 1.54) is 0 Å². The quantitative estimate of drug-likeness (QED) is 0.572. The molecule has 2 aliphatic heterocycles. The van der Waals surface area contributed by atoms with Crippen LogP contribution in [0.2, 0.25) is 0 Å². The molecule has 3 heterocycles. The molecule has 0 saturated carbocycles. The standard InChI is InChI=1S/C24H23N3O3S/c28-24(9-7-18-6-8-21-22(14-18)30-17-29-21)27-12-10-26(11-13-27)15-23-25-20(16-31-23)19-4-2-1-3-5-19/h1-9,14,16H,10-13,15,17H2/b9-7+. The maximum atomic E-state index is 12.6. The number of fused-ring (bicyclic) bond motifs is 1. The number of piperazine rings is 1. The second-order valence-corrected chi connectivity index (χ2v) is 8.48. The molecule has 31 heavy (non-hydrogen) atoms. The van der Waals surface area contributed by atoms with Gasteiger partial charge in [0.25, 0.3) is 0 Å². The number of carbonyl (C=O) groups excluding carboxylic acids is 1. The zero-order valence-corrected chi connectivity index (χ0v) is 17.9. The number of rotatable bonds is 5. The Kier molecular flexibility index (Phi) is 5.69. The van der Waals surface area contributed by atoms with Gasteiger partial charge in [0.15, 0.2) is 11.5 Å². The summed E-state index contributed by atoms with van der Waals surface area (Å²) in [5, 5.41) is 3.23. The molecule has 0 unspecified atom stereocenters. The average molecular weight is 434 g/mol. The maximum Gasteiger partial charge on any atom is 0.246 e. The minimum Gasteiger partial charge on any atom is -0.454 e. The zero-order valence-electron chi connectivity index (χ0n) is 17.1. The van der Waals surface area contributed by atoms with Gasteiger partial charge in [0.05, 0.1) is 12.2 Å². The number of carbonyl (C=O) groups is 1. The van der Waals surface area contributed by atoms with Crippen molar-refractivity contribution in [2.75, 3.05) is 33.0 Å². The summed E-state index contributed by atoms with van der Waals surface area (Å²) in [6, 6.07) is 15.9. The molecule has 0 bridgehead atoms. The van der Waals surface area contributed by atoms with Crippen molar-refractivity contribution in [2.45, 2.75) is 6.54 Å². The van der Waals surface area contributed by atoms with Crippen LogP contribution in [0.4, 0.5) is 0 Å². The van der Waals surface area contributed by atoms with Crippen LogP contribution in [0.5, 0.6) is 11.5 Å². The smallest absolute Gasteiger partial charge is 0.246 e. The number of thiazole rings is 1. The summed E-state index contributed by atoms with van der Waals surface area (Å²) in [6.07, 6.45) is 3.47. The van der Waals surface area contributed by atoms with E-state index in [1.54, 1.807) is 17.4 Å². The molecule has 7 heteroatoms. The summed E-state index contributed by atoms with van der Waals surface area (Å²) >= 11 is 1.70. The molecular formula is C24H23N3O3S. The van der Waals surface area contributed by atoms with Gasteiger partial charge in [-0.15, -0.1) is 11.3 Å². The van der Waals surface area contributed by atoms with E-state index in [2.05, 4.69) is 22.4 Å². The summed E-state index contributed by atoms with van der Waals surface area (Å²) in [4.78, 5) is 21.6. The lowest BCUT2D eigenvalue weighted by atomic mass is 10.2. The first kappa shape index (κ1) is 19.8. The van der Waals surface area contributed by atoms with Crippen LogP contribution in [0.15, 0.2) is 60.0 Å². The summed E-state index contributed by atoms with van der Waals surface area (Å²) in [7, 11) is 0. The van der Waals surface area contributed by atoms with E-state index < -0.39 is 0 Å². The summed E-state index contributed by atoms with van der Waals surface area (Å²) in [6.45, 7) is 4.23. The molecule has 0 atom stereocenters. The molecule has 1 fully saturated rings. The van der Waals surface area contributed by atoms with Gasteiger partial charge in [0.1, 0.15) is 5.01 Å². The molecule has 5 rings (SSSR count). The summed E-state index contributed by atoms with van der Waals surface area (Å²) < 4.78 is 10.7. The maximum absolute atomic E-state index is 12.6. The minimum atomic E-state index is 0.0397. The van der Waals surface area contributed by atoms with Crippen molar-refractivity contribution in [1.29, 1.82) is 0 Å². The van der Waals surface area contributed by atoms with Gasteiger partial charge >= 0.3 is 0 Å². The van der Waals surface area contributed by atoms with Gasteiger partial charge in [-0.25, -0.2) is 4.98 Å². The lowest BCUT2D eigenvalue weighted by Gasteiger charge is -2.33. The minimum absolute atomic E-state index is 0.0397. The number of amides is 1. The number of hydrogen-bond donors (Lipinski definition) is 0. The van der Waals surface area contributed by atoms with E-state index in [-0.39, 0.29) is 12.7 Å². The second-order valence-electron chi connectivity index (χ2n) is 7.54. The highest BCUT2D eigenvalue weighted by Gasteiger charge is 2.21. The number of hydrogen-bond acceptors (Lipinski definition) is 6. The Bertz CT molecular complexity index is 1090. The Morgan fingerprint density at radius 3 is 2.68 bits per heavy atom. The molecule has 0 aliphatic carbocycles. The third-order valence-corrected chi connectivity index (χ3v) is 6.31. The van der Waals surface area contributed by atoms with Crippen LogP contribution in [0.25, 0.3) is 17.3 Å². The first-order chi connectivity index (χ1) is 15.2. The molecule has 2 aliphatic rings. The molecule has 0 spiro atoms. The Hall–Kier alpha value is -3.16. The van der Waals surface area contributed by atoms with Gasteiger partial charge in [-0.1, -0.05) is 36.4 Å². The monoisotopic (exact) mass is 433 g/mol. The predicted octanol–water partition coefficient (Wildman–Crippen LogP) is 3.90. The van der Waals surface area contributed by atoms with Gasteiger partial charge < -0.3 is 14.4 Å². The van der Waals surface area contributed by atoms with Crippen LogP contribution in [0.3, 0.4) is 0 Å². The Balaban J connectivity index is 1.13. The van der Waals surface area contributed by atoms with Crippen molar-refractivity contribution in [1.82, 2.24) is 14.8 Å². The lowest BCUT2D eigenvalue weighted by molar-refractivity contribution is -0.127. The fourth-order valence-corrected chi connectivity index (χ4v) is 4.58. The second kappa shape index (κ2) is 8.91. The van der Waals surface area contributed by atoms with Crippen molar-refractivity contribution >= 4 is 23.3 Å². The highest BCUT2D eigenvalue weighted by atomic mass is 32.1. The molecule has 0 N–H and O–H groups in total. The first-order valence-corrected chi connectivity index (χ1v) is 11.2. The van der Waals surface area contributed by atoms with Crippen molar-refractivity contribution in [3.63, 3.8) is 0 Å². The normalized spacial score (nSPS) is 16.2. The highest BCUT2D eigenvalue weighted by molar-refractivity contribution is 7.09. The number of ether oxygens (including phenoxy) is 2. The molecule has 1 saturated heterocycles. The van der Waals surface area contributed by atoms with E-state index >= 15 is 0 Å². The SMILES string of the molecule is O=C(/C=C/c1ccc2c(c1)OCO2)N1CCN(Cc2nc(-c3ccccc3)cs2)CC1. The zero-order chi connectivity index (χ0) is 21.0. The largest absolute Gasteiger partial charge is 0.454 e. The highest BCUT2D eigenvalue weighted by Crippen LogP contribution is 2.32. The molecule has 2 aromatic carbocycles. The van der Waals surface area contributed by atoms with Gasteiger partial charge in [-0.05, 0) is 23.8 Å². The van der Waals surface area contributed by atoms with Crippen molar-refractivity contribution in [3.05, 3.63) is 70.6 Å². The van der Waals surface area contributed by atoms with Crippen LogP contribution in [-0.2, 0) is 11.3 Å². The molecule has 0 radical (unpaired) electrons. The molecule has 158 valence electrons. The van der Waals surface area contributed by atoms with Crippen molar-refractivity contribution in [3.8, 4) is 22.8 Å². The Labute approximate surface area is 185 Å². The summed E-state index contributed by atoms with van der Waals surface area (Å²) in [5.41, 5.74) is 3.10.